The lowest BCUT2D eigenvalue weighted by Gasteiger charge is -2.05. The number of fused-ring (bicyclic) bond motifs is 1. The van der Waals surface area contributed by atoms with Gasteiger partial charge in [0.2, 0.25) is 4.80 Å². The van der Waals surface area contributed by atoms with Crippen molar-refractivity contribution in [2.75, 3.05) is 27.1 Å². The van der Waals surface area contributed by atoms with Crippen LogP contribution in [-0.2, 0) is 21.3 Å². The molecule has 0 bridgehead atoms. The molecule has 1 aromatic heterocycles. The van der Waals surface area contributed by atoms with E-state index in [2.05, 4.69) is 4.40 Å². The highest BCUT2D eigenvalue weighted by atomic mass is 32.2. The molecule has 9 heteroatoms. The van der Waals surface area contributed by atoms with Crippen molar-refractivity contribution in [1.82, 2.24) is 4.57 Å². The highest BCUT2D eigenvalue weighted by Crippen LogP contribution is 2.25. The van der Waals surface area contributed by atoms with Crippen LogP contribution in [0.2, 0.25) is 0 Å². The van der Waals surface area contributed by atoms with E-state index in [1.807, 2.05) is 29.0 Å². The van der Waals surface area contributed by atoms with Crippen molar-refractivity contribution in [3.05, 3.63) is 47.3 Å². The summed E-state index contributed by atoms with van der Waals surface area (Å²) in [4.78, 5) is 1.67. The van der Waals surface area contributed by atoms with Crippen LogP contribution in [0.3, 0.4) is 0 Å². The fraction of sp³-hybridized carbons (Fsp3) is 0.278. The molecule has 3 rings (SSSR count). The second-order valence-corrected chi connectivity index (χ2v) is 9.10. The first-order valence-electron chi connectivity index (χ1n) is 8.10. The molecule has 3 aromatic rings. The van der Waals surface area contributed by atoms with Crippen molar-refractivity contribution in [3.8, 4) is 5.75 Å². The average molecular weight is 425 g/mol. The number of sulfonamides is 1. The Morgan fingerprint density at radius 2 is 1.89 bits per heavy atom. The summed E-state index contributed by atoms with van der Waals surface area (Å²) in [6.07, 6.45) is 2.01. The molecule has 0 radical (unpaired) electrons. The van der Waals surface area contributed by atoms with Gasteiger partial charge in [0.25, 0.3) is 10.0 Å². The standard InChI is InChI=1S/C18H20N2O4S3/c1-23-11-10-20-16-9-6-14(25-3)12-17(16)26-18(20)19-27(21,22)15-7-4-13(24-2)5-8-15/h4-9,12H,10-11H2,1-3H3. The second kappa shape index (κ2) is 8.47. The molecule has 0 saturated heterocycles. The van der Waals surface area contributed by atoms with Gasteiger partial charge in [-0.2, -0.15) is 8.42 Å². The number of thiazole rings is 1. The molecule has 1 heterocycles. The smallest absolute Gasteiger partial charge is 0.285 e. The zero-order valence-electron chi connectivity index (χ0n) is 15.2. The predicted molar refractivity (Wildman–Crippen MR) is 109 cm³/mol. The van der Waals surface area contributed by atoms with Gasteiger partial charge in [0.1, 0.15) is 5.75 Å². The third kappa shape index (κ3) is 4.37. The topological polar surface area (TPSA) is 69.9 Å². The van der Waals surface area contributed by atoms with Crippen LogP contribution in [0.1, 0.15) is 0 Å². The minimum Gasteiger partial charge on any atom is -0.497 e. The van der Waals surface area contributed by atoms with E-state index in [1.54, 1.807) is 31.0 Å². The number of hydrogen-bond acceptors (Lipinski definition) is 6. The first kappa shape index (κ1) is 19.9. The Bertz CT molecular complexity index is 1100. The van der Waals surface area contributed by atoms with E-state index in [9.17, 15) is 8.42 Å². The van der Waals surface area contributed by atoms with Crippen LogP contribution in [0.5, 0.6) is 5.75 Å². The number of ether oxygens (including phenoxy) is 2. The lowest BCUT2D eigenvalue weighted by Crippen LogP contribution is -2.19. The van der Waals surface area contributed by atoms with E-state index in [1.165, 1.54) is 30.6 Å². The predicted octanol–water partition coefficient (Wildman–Crippen LogP) is 3.37. The summed E-state index contributed by atoms with van der Waals surface area (Å²) >= 11 is 3.00. The summed E-state index contributed by atoms with van der Waals surface area (Å²) < 4.78 is 42.8. The zero-order valence-corrected chi connectivity index (χ0v) is 17.7. The summed E-state index contributed by atoms with van der Waals surface area (Å²) in [7, 11) is -0.685. The molecule has 0 N–H and O–H groups in total. The van der Waals surface area contributed by atoms with Gasteiger partial charge in [-0.15, -0.1) is 16.2 Å². The van der Waals surface area contributed by atoms with Gasteiger partial charge in [-0.05, 0) is 48.7 Å². The molecule has 0 amide bonds. The molecule has 0 fully saturated rings. The maximum atomic E-state index is 12.8. The summed E-state index contributed by atoms with van der Waals surface area (Å²) in [6.45, 7) is 0.984. The quantitative estimate of drug-likeness (QED) is 0.544. The number of nitrogens with zero attached hydrogens (tertiary/aromatic N) is 2. The molecule has 6 nitrogen and oxygen atoms in total. The monoisotopic (exact) mass is 424 g/mol. The van der Waals surface area contributed by atoms with E-state index in [0.29, 0.717) is 23.7 Å². The Morgan fingerprint density at radius 1 is 1.15 bits per heavy atom. The molecule has 2 aromatic carbocycles. The SMILES string of the molecule is COCCn1c(=NS(=O)(=O)c2ccc(OC)cc2)sc2cc(SC)ccc21. The Kier molecular flexibility index (Phi) is 6.25. The molecule has 0 atom stereocenters. The van der Waals surface area contributed by atoms with Crippen LogP contribution in [0.15, 0.2) is 56.7 Å². The van der Waals surface area contributed by atoms with Gasteiger partial charge in [-0.1, -0.05) is 11.3 Å². The maximum absolute atomic E-state index is 12.8. The molecule has 0 spiro atoms. The number of methoxy groups -OCH3 is 2. The molecule has 0 unspecified atom stereocenters. The van der Waals surface area contributed by atoms with E-state index < -0.39 is 10.0 Å². The maximum Gasteiger partial charge on any atom is 0.285 e. The highest BCUT2D eigenvalue weighted by Gasteiger charge is 2.15. The Morgan fingerprint density at radius 3 is 2.52 bits per heavy atom. The van der Waals surface area contributed by atoms with Crippen LogP contribution < -0.4 is 9.54 Å². The number of thioether (sulfide) groups is 1. The van der Waals surface area contributed by atoms with Gasteiger partial charge >= 0.3 is 0 Å². The van der Waals surface area contributed by atoms with Crippen LogP contribution in [-0.4, -0.2) is 40.1 Å². The molecular weight excluding hydrogens is 404 g/mol. The van der Waals surface area contributed by atoms with E-state index >= 15 is 0 Å². The van der Waals surface area contributed by atoms with Gasteiger partial charge in [0.15, 0.2) is 0 Å². The van der Waals surface area contributed by atoms with Crippen LogP contribution in [0.25, 0.3) is 10.2 Å². The molecule has 144 valence electrons. The molecule has 0 aliphatic heterocycles. The van der Waals surface area contributed by atoms with Gasteiger partial charge in [-0.3, -0.25) is 0 Å². The lowest BCUT2D eigenvalue weighted by molar-refractivity contribution is 0.187. The van der Waals surface area contributed by atoms with Crippen LogP contribution in [0, 0.1) is 0 Å². The van der Waals surface area contributed by atoms with Crippen molar-refractivity contribution in [1.29, 1.82) is 0 Å². The largest absolute Gasteiger partial charge is 0.497 e. The summed E-state index contributed by atoms with van der Waals surface area (Å²) in [5.74, 6) is 0.593. The van der Waals surface area contributed by atoms with Gasteiger partial charge < -0.3 is 14.0 Å². The van der Waals surface area contributed by atoms with Crippen molar-refractivity contribution < 1.29 is 17.9 Å². The minimum absolute atomic E-state index is 0.129. The summed E-state index contributed by atoms with van der Waals surface area (Å²) in [5.41, 5.74) is 0.943. The Balaban J connectivity index is 2.14. The van der Waals surface area contributed by atoms with Gasteiger partial charge in [-0.25, -0.2) is 0 Å². The van der Waals surface area contributed by atoms with Crippen molar-refractivity contribution in [3.63, 3.8) is 0 Å². The van der Waals surface area contributed by atoms with Gasteiger partial charge in [0, 0.05) is 18.6 Å². The fourth-order valence-electron chi connectivity index (χ4n) is 2.55. The number of benzene rings is 2. The normalized spacial score (nSPS) is 12.6. The van der Waals surface area contributed by atoms with Crippen LogP contribution in [0.4, 0.5) is 0 Å². The van der Waals surface area contributed by atoms with E-state index in [-0.39, 0.29) is 4.90 Å². The molecular formula is C18H20N2O4S3. The minimum atomic E-state index is -3.84. The number of hydrogen-bond donors (Lipinski definition) is 0. The lowest BCUT2D eigenvalue weighted by atomic mass is 10.3. The highest BCUT2D eigenvalue weighted by molar-refractivity contribution is 7.98. The van der Waals surface area contributed by atoms with Crippen molar-refractivity contribution >= 4 is 43.3 Å². The third-order valence-corrected chi connectivity index (χ3v) is 7.13. The Labute approximate surface area is 166 Å². The van der Waals surface area contributed by atoms with Crippen LogP contribution >= 0.6 is 23.1 Å². The van der Waals surface area contributed by atoms with E-state index in [4.69, 9.17) is 9.47 Å². The average Bonchev–Trinajstić information content (AvgIpc) is 3.01. The second-order valence-electron chi connectivity index (χ2n) is 5.60. The molecule has 0 aliphatic carbocycles. The first-order valence-corrected chi connectivity index (χ1v) is 11.6. The van der Waals surface area contributed by atoms with Crippen molar-refractivity contribution in [2.45, 2.75) is 16.3 Å². The Hall–Kier alpha value is -1.81. The first-order chi connectivity index (χ1) is 13.0. The number of rotatable bonds is 7. The fourth-order valence-corrected chi connectivity index (χ4v) is 5.37. The van der Waals surface area contributed by atoms with Crippen molar-refractivity contribution in [2.24, 2.45) is 4.40 Å². The molecule has 0 saturated carbocycles. The molecule has 0 aliphatic rings. The summed E-state index contributed by atoms with van der Waals surface area (Å²) in [6, 6.07) is 12.3. The third-order valence-electron chi connectivity index (χ3n) is 3.96. The molecule has 27 heavy (non-hydrogen) atoms. The van der Waals surface area contributed by atoms with Gasteiger partial charge in [0.05, 0.1) is 28.8 Å². The number of aromatic nitrogens is 1. The summed E-state index contributed by atoms with van der Waals surface area (Å²) in [5, 5.41) is 0. The zero-order chi connectivity index (χ0) is 19.4. The van der Waals surface area contributed by atoms with E-state index in [0.717, 1.165) is 15.1 Å².